The van der Waals surface area contributed by atoms with Gasteiger partial charge in [0.2, 0.25) is 0 Å². The number of aryl methyl sites for hydroxylation is 1. The van der Waals surface area contributed by atoms with E-state index in [1.807, 2.05) is 6.92 Å². The van der Waals surface area contributed by atoms with Crippen molar-refractivity contribution in [2.75, 3.05) is 7.11 Å². The fourth-order valence-corrected chi connectivity index (χ4v) is 2.14. The monoisotopic (exact) mass is 292 g/mol. The van der Waals surface area contributed by atoms with Crippen molar-refractivity contribution < 1.29 is 14.3 Å². The molecule has 104 valence electrons. The molecule has 0 radical (unpaired) electrons. The Morgan fingerprint density at radius 3 is 2.75 bits per heavy atom. The molecule has 2 rings (SSSR count). The maximum atomic E-state index is 11.4. The summed E-state index contributed by atoms with van der Waals surface area (Å²) in [6.45, 7) is 2.34. The number of halogens is 1. The lowest BCUT2D eigenvalue weighted by molar-refractivity contribution is 0.0601. The average molecular weight is 293 g/mol. The lowest BCUT2D eigenvalue weighted by Gasteiger charge is -2.07. The van der Waals surface area contributed by atoms with Crippen molar-refractivity contribution in [1.29, 1.82) is 0 Å². The van der Waals surface area contributed by atoms with Crippen LogP contribution >= 0.6 is 11.6 Å². The van der Waals surface area contributed by atoms with Gasteiger partial charge in [-0.05, 0) is 30.7 Å². The molecule has 0 bridgehead atoms. The highest BCUT2D eigenvalue weighted by Crippen LogP contribution is 2.19. The second kappa shape index (κ2) is 5.88. The number of esters is 1. The van der Waals surface area contributed by atoms with Gasteiger partial charge in [-0.25, -0.2) is 4.79 Å². The summed E-state index contributed by atoms with van der Waals surface area (Å²) in [5, 5.41) is 4.47. The van der Waals surface area contributed by atoms with Crippen LogP contribution in [0.5, 0.6) is 0 Å². The molecule has 0 saturated carbocycles. The van der Waals surface area contributed by atoms with Crippen LogP contribution in [0.25, 0.3) is 0 Å². The highest BCUT2D eigenvalue weighted by molar-refractivity contribution is 6.33. The van der Waals surface area contributed by atoms with Crippen LogP contribution < -0.4 is 0 Å². The minimum atomic E-state index is -0.472. The fourth-order valence-electron chi connectivity index (χ4n) is 1.86. The Kier molecular flexibility index (Phi) is 4.20. The molecular weight excluding hydrogens is 280 g/mol. The first-order valence-electron chi connectivity index (χ1n) is 5.91. The number of nitrogens with zero attached hydrogens (tertiary/aromatic N) is 2. The van der Waals surface area contributed by atoms with E-state index in [2.05, 4.69) is 9.84 Å². The Balaban J connectivity index is 2.26. The zero-order valence-electron chi connectivity index (χ0n) is 11.1. The third-order valence-electron chi connectivity index (χ3n) is 2.89. The molecule has 20 heavy (non-hydrogen) atoms. The zero-order chi connectivity index (χ0) is 14.7. The first kappa shape index (κ1) is 14.3. The molecule has 0 aliphatic rings. The van der Waals surface area contributed by atoms with E-state index < -0.39 is 5.97 Å². The van der Waals surface area contributed by atoms with Crippen molar-refractivity contribution >= 4 is 23.9 Å². The number of carbonyl (C=O) groups excluding carboxylic acids is 2. The number of aromatic nitrogens is 2. The predicted octanol–water partition coefficient (Wildman–Crippen LogP) is 2.49. The number of hydrogen-bond donors (Lipinski definition) is 0. The largest absolute Gasteiger partial charge is 0.465 e. The van der Waals surface area contributed by atoms with E-state index in [-0.39, 0.29) is 0 Å². The van der Waals surface area contributed by atoms with Gasteiger partial charge in [0.05, 0.1) is 24.2 Å². The Hall–Kier alpha value is -2.14. The summed E-state index contributed by atoms with van der Waals surface area (Å²) in [4.78, 5) is 22.1. The summed E-state index contributed by atoms with van der Waals surface area (Å²) in [5.41, 5.74) is 2.47. The van der Waals surface area contributed by atoms with Gasteiger partial charge in [0.25, 0.3) is 0 Å². The predicted molar refractivity (Wildman–Crippen MR) is 74.2 cm³/mol. The van der Waals surface area contributed by atoms with Crippen molar-refractivity contribution in [2.24, 2.45) is 0 Å². The second-order valence-electron chi connectivity index (χ2n) is 4.29. The summed E-state index contributed by atoms with van der Waals surface area (Å²) < 4.78 is 6.33. The molecule has 1 heterocycles. The maximum absolute atomic E-state index is 11.4. The molecule has 0 unspecified atom stereocenters. The van der Waals surface area contributed by atoms with Crippen molar-refractivity contribution in [3.8, 4) is 0 Å². The van der Waals surface area contributed by atoms with E-state index in [9.17, 15) is 9.59 Å². The van der Waals surface area contributed by atoms with Gasteiger partial charge in [0.1, 0.15) is 5.69 Å². The number of benzene rings is 1. The summed E-state index contributed by atoms with van der Waals surface area (Å²) >= 11 is 6.05. The van der Waals surface area contributed by atoms with Crippen LogP contribution in [-0.4, -0.2) is 29.1 Å². The van der Waals surface area contributed by atoms with Crippen molar-refractivity contribution in [3.05, 3.63) is 51.8 Å². The summed E-state index contributed by atoms with van der Waals surface area (Å²) in [6, 6.07) is 6.79. The number of ether oxygens (including phenoxy) is 1. The number of carbonyl (C=O) groups is 2. The number of hydrogen-bond acceptors (Lipinski definition) is 4. The van der Waals surface area contributed by atoms with E-state index in [4.69, 9.17) is 11.6 Å². The summed E-state index contributed by atoms with van der Waals surface area (Å²) in [6.07, 6.45) is 0.705. The Labute approximate surface area is 121 Å². The first-order valence-corrected chi connectivity index (χ1v) is 6.29. The molecule has 1 aromatic carbocycles. The van der Waals surface area contributed by atoms with Gasteiger partial charge in [0, 0.05) is 5.69 Å². The first-order chi connectivity index (χ1) is 9.55. The Morgan fingerprint density at radius 2 is 2.20 bits per heavy atom. The van der Waals surface area contributed by atoms with Gasteiger partial charge < -0.3 is 4.74 Å². The molecule has 2 aromatic rings. The molecule has 1 aromatic heterocycles. The van der Waals surface area contributed by atoms with Gasteiger partial charge in [-0.3, -0.25) is 9.48 Å². The molecule has 5 nitrogen and oxygen atoms in total. The van der Waals surface area contributed by atoms with Crippen molar-refractivity contribution in [3.63, 3.8) is 0 Å². The van der Waals surface area contributed by atoms with Gasteiger partial charge >= 0.3 is 5.97 Å². The molecule has 0 aliphatic carbocycles. The quantitative estimate of drug-likeness (QED) is 0.641. The molecule has 0 fully saturated rings. The zero-order valence-corrected chi connectivity index (χ0v) is 11.8. The average Bonchev–Trinajstić information content (AvgIpc) is 2.79. The minimum absolute atomic E-state index is 0.323. The summed E-state index contributed by atoms with van der Waals surface area (Å²) in [5.74, 6) is -0.472. The standard InChI is InChI=1S/C14H13ClN2O3/c1-9-5-11(8-18)16-17(9)7-10-3-4-12(13(15)6-10)14(19)20-2/h3-6,8H,7H2,1-2H3. The molecule has 6 heteroatoms. The number of methoxy groups -OCH3 is 1. The third kappa shape index (κ3) is 2.88. The van der Waals surface area contributed by atoms with Crippen LogP contribution in [0.2, 0.25) is 5.02 Å². The molecule has 0 atom stereocenters. The van der Waals surface area contributed by atoms with Gasteiger partial charge in [-0.2, -0.15) is 5.10 Å². The van der Waals surface area contributed by atoms with E-state index in [1.54, 1.807) is 28.9 Å². The van der Waals surface area contributed by atoms with Crippen LogP contribution in [0.15, 0.2) is 24.3 Å². The van der Waals surface area contributed by atoms with Crippen LogP contribution in [0, 0.1) is 6.92 Å². The molecule has 0 aliphatic heterocycles. The SMILES string of the molecule is COC(=O)c1ccc(Cn2nc(C=O)cc2C)cc1Cl. The third-order valence-corrected chi connectivity index (χ3v) is 3.20. The highest BCUT2D eigenvalue weighted by Gasteiger charge is 2.11. The van der Waals surface area contributed by atoms with E-state index in [0.717, 1.165) is 11.3 Å². The van der Waals surface area contributed by atoms with E-state index in [1.165, 1.54) is 7.11 Å². The Bertz CT molecular complexity index is 664. The smallest absolute Gasteiger partial charge is 0.339 e. The van der Waals surface area contributed by atoms with Crippen LogP contribution in [0.4, 0.5) is 0 Å². The lowest BCUT2D eigenvalue weighted by atomic mass is 10.1. The van der Waals surface area contributed by atoms with Crippen LogP contribution in [0.1, 0.15) is 32.1 Å². The molecule has 0 N–H and O–H groups in total. The van der Waals surface area contributed by atoms with Crippen LogP contribution in [0.3, 0.4) is 0 Å². The molecular formula is C14H13ClN2O3. The molecule has 0 amide bonds. The number of aldehydes is 1. The van der Waals surface area contributed by atoms with Gasteiger partial charge in [-0.1, -0.05) is 17.7 Å². The number of rotatable bonds is 4. The van der Waals surface area contributed by atoms with Crippen molar-refractivity contribution in [1.82, 2.24) is 9.78 Å². The Morgan fingerprint density at radius 1 is 1.45 bits per heavy atom. The topological polar surface area (TPSA) is 61.2 Å². The molecule has 0 spiro atoms. The van der Waals surface area contributed by atoms with Gasteiger partial charge in [0.15, 0.2) is 6.29 Å². The van der Waals surface area contributed by atoms with Crippen molar-refractivity contribution in [2.45, 2.75) is 13.5 Å². The fraction of sp³-hybridized carbons (Fsp3) is 0.214. The lowest BCUT2D eigenvalue weighted by Crippen LogP contribution is -2.06. The van der Waals surface area contributed by atoms with E-state index in [0.29, 0.717) is 29.1 Å². The molecule has 0 saturated heterocycles. The normalized spacial score (nSPS) is 10.3. The van der Waals surface area contributed by atoms with Crippen LogP contribution in [-0.2, 0) is 11.3 Å². The highest BCUT2D eigenvalue weighted by atomic mass is 35.5. The van der Waals surface area contributed by atoms with Gasteiger partial charge in [-0.15, -0.1) is 0 Å². The summed E-state index contributed by atoms with van der Waals surface area (Å²) in [7, 11) is 1.31. The second-order valence-corrected chi connectivity index (χ2v) is 4.70. The van der Waals surface area contributed by atoms with E-state index >= 15 is 0 Å². The maximum Gasteiger partial charge on any atom is 0.339 e. The minimum Gasteiger partial charge on any atom is -0.465 e.